The first-order valence-electron chi connectivity index (χ1n) is 6.05. The second-order valence-electron chi connectivity index (χ2n) is 3.97. The lowest BCUT2D eigenvalue weighted by molar-refractivity contribution is -0.174. The number of alkyl halides is 3. The average Bonchev–Trinajstić information content (AvgIpc) is 2.42. The van der Waals surface area contributed by atoms with Crippen molar-refractivity contribution >= 4 is 11.6 Å². The summed E-state index contributed by atoms with van der Waals surface area (Å²) in [6.45, 7) is -2.01. The molecule has 0 bridgehead atoms. The van der Waals surface area contributed by atoms with Crippen molar-refractivity contribution in [3.8, 4) is 11.8 Å². The van der Waals surface area contributed by atoms with E-state index in [4.69, 9.17) is 5.11 Å². The van der Waals surface area contributed by atoms with Crippen LogP contribution < -0.4 is 5.32 Å². The van der Waals surface area contributed by atoms with Crippen molar-refractivity contribution < 1.29 is 27.8 Å². The fraction of sp³-hybridized carbons (Fsp3) is 0.357. The van der Waals surface area contributed by atoms with E-state index >= 15 is 0 Å². The quantitative estimate of drug-likeness (QED) is 0.645. The maximum absolute atomic E-state index is 11.8. The number of nitrogens with one attached hydrogen (secondary N) is 1. The van der Waals surface area contributed by atoms with Crippen molar-refractivity contribution in [2.75, 3.05) is 25.1 Å². The van der Waals surface area contributed by atoms with Gasteiger partial charge in [-0.2, -0.15) is 13.2 Å². The summed E-state index contributed by atoms with van der Waals surface area (Å²) in [5.74, 6) is 4.64. The van der Waals surface area contributed by atoms with Gasteiger partial charge in [-0.3, -0.25) is 4.79 Å². The van der Waals surface area contributed by atoms with E-state index in [1.165, 1.54) is 0 Å². The van der Waals surface area contributed by atoms with Crippen molar-refractivity contribution in [2.24, 2.45) is 0 Å². The lowest BCUT2D eigenvalue weighted by atomic mass is 10.2. The maximum atomic E-state index is 11.8. The molecule has 4 nitrogen and oxygen atoms in total. The molecule has 0 spiro atoms. The summed E-state index contributed by atoms with van der Waals surface area (Å²) in [7, 11) is 0. The van der Waals surface area contributed by atoms with Crippen LogP contribution in [0.3, 0.4) is 0 Å². The Bertz CT molecular complexity index is 532. The molecular weight excluding hydrogens is 287 g/mol. The van der Waals surface area contributed by atoms with Crippen LogP contribution in [0.15, 0.2) is 24.3 Å². The Kier molecular flexibility index (Phi) is 6.72. The monoisotopic (exact) mass is 301 g/mol. The third-order valence-electron chi connectivity index (χ3n) is 2.24. The Morgan fingerprint density at radius 2 is 2.05 bits per heavy atom. The van der Waals surface area contributed by atoms with Crippen LogP contribution in [-0.4, -0.2) is 37.0 Å². The molecule has 1 rings (SSSR count). The molecule has 0 aliphatic rings. The van der Waals surface area contributed by atoms with Crippen molar-refractivity contribution in [2.45, 2.75) is 12.6 Å². The molecule has 0 heterocycles. The van der Waals surface area contributed by atoms with Crippen LogP contribution in [0.4, 0.5) is 18.9 Å². The number of hydrogen-bond donors (Lipinski definition) is 2. The summed E-state index contributed by atoms with van der Waals surface area (Å²) in [5.41, 5.74) is 0.940. The molecule has 21 heavy (non-hydrogen) atoms. The molecule has 7 heteroatoms. The Morgan fingerprint density at radius 3 is 2.71 bits per heavy atom. The maximum Gasteiger partial charge on any atom is 0.411 e. The number of para-hydroxylation sites is 1. The van der Waals surface area contributed by atoms with Gasteiger partial charge < -0.3 is 15.2 Å². The molecular formula is C14H14F3NO3. The van der Waals surface area contributed by atoms with Crippen LogP contribution in [0.2, 0.25) is 0 Å². The van der Waals surface area contributed by atoms with E-state index in [1.807, 2.05) is 0 Å². The van der Waals surface area contributed by atoms with Gasteiger partial charge in [0.25, 0.3) is 0 Å². The lowest BCUT2D eigenvalue weighted by Crippen LogP contribution is -2.20. The predicted octanol–water partition coefficient (Wildman–Crippen LogP) is 1.94. The topological polar surface area (TPSA) is 58.6 Å². The SMILES string of the molecule is O=C(CCOCC(F)(F)F)Nc1ccccc1C#CCO. The highest BCUT2D eigenvalue weighted by molar-refractivity contribution is 5.92. The zero-order valence-electron chi connectivity index (χ0n) is 11.0. The van der Waals surface area contributed by atoms with Crippen molar-refractivity contribution in [1.82, 2.24) is 0 Å². The molecule has 1 aromatic carbocycles. The number of halogens is 3. The highest BCUT2D eigenvalue weighted by atomic mass is 19.4. The van der Waals surface area contributed by atoms with E-state index in [0.29, 0.717) is 11.3 Å². The smallest absolute Gasteiger partial charge is 0.384 e. The number of aliphatic hydroxyl groups excluding tert-OH is 1. The normalized spacial score (nSPS) is 10.7. The first-order valence-corrected chi connectivity index (χ1v) is 6.05. The Balaban J connectivity index is 2.48. The number of rotatable bonds is 5. The number of amides is 1. The number of ether oxygens (including phenoxy) is 1. The number of aliphatic hydroxyl groups is 1. The summed E-state index contributed by atoms with van der Waals surface area (Å²) in [6, 6.07) is 6.65. The fourth-order valence-corrected chi connectivity index (χ4v) is 1.40. The van der Waals surface area contributed by atoms with Gasteiger partial charge >= 0.3 is 6.18 Å². The van der Waals surface area contributed by atoms with Gasteiger partial charge in [-0.05, 0) is 12.1 Å². The molecule has 0 aromatic heterocycles. The highest BCUT2D eigenvalue weighted by Gasteiger charge is 2.27. The molecule has 0 atom stereocenters. The van der Waals surface area contributed by atoms with Gasteiger partial charge in [-0.1, -0.05) is 24.0 Å². The zero-order chi connectivity index (χ0) is 15.7. The summed E-state index contributed by atoms with van der Waals surface area (Å²) in [6.07, 6.45) is -4.60. The van der Waals surface area contributed by atoms with Crippen molar-refractivity contribution in [3.63, 3.8) is 0 Å². The average molecular weight is 301 g/mol. The summed E-state index contributed by atoms with van der Waals surface area (Å²) >= 11 is 0. The van der Waals surface area contributed by atoms with Gasteiger partial charge in [0.1, 0.15) is 13.2 Å². The van der Waals surface area contributed by atoms with Crippen LogP contribution >= 0.6 is 0 Å². The van der Waals surface area contributed by atoms with Crippen molar-refractivity contribution in [1.29, 1.82) is 0 Å². The van der Waals surface area contributed by atoms with E-state index in [-0.39, 0.29) is 19.6 Å². The highest BCUT2D eigenvalue weighted by Crippen LogP contribution is 2.15. The first kappa shape index (κ1) is 17.0. The third-order valence-corrected chi connectivity index (χ3v) is 2.24. The summed E-state index contributed by atoms with van der Waals surface area (Å²) in [5, 5.41) is 11.2. The first-order chi connectivity index (χ1) is 9.92. The van der Waals surface area contributed by atoms with Gasteiger partial charge in [0, 0.05) is 5.56 Å². The molecule has 1 amide bonds. The van der Waals surface area contributed by atoms with Crippen LogP contribution in [-0.2, 0) is 9.53 Å². The van der Waals surface area contributed by atoms with Crippen LogP contribution in [0.1, 0.15) is 12.0 Å². The second kappa shape index (κ2) is 8.29. The summed E-state index contributed by atoms with van der Waals surface area (Å²) in [4.78, 5) is 11.6. The zero-order valence-corrected chi connectivity index (χ0v) is 11.0. The van der Waals surface area contributed by atoms with E-state index in [1.54, 1.807) is 24.3 Å². The second-order valence-corrected chi connectivity index (χ2v) is 3.97. The minimum absolute atomic E-state index is 0.197. The molecule has 0 saturated carbocycles. The number of benzene rings is 1. The van der Waals surface area contributed by atoms with E-state index in [9.17, 15) is 18.0 Å². The molecule has 0 aliphatic heterocycles. The lowest BCUT2D eigenvalue weighted by Gasteiger charge is -2.09. The number of carbonyl (C=O) groups excluding carboxylic acids is 1. The van der Waals surface area contributed by atoms with E-state index in [2.05, 4.69) is 21.9 Å². The van der Waals surface area contributed by atoms with Gasteiger partial charge in [0.05, 0.1) is 18.7 Å². The molecule has 0 fully saturated rings. The van der Waals surface area contributed by atoms with Gasteiger partial charge in [0.15, 0.2) is 0 Å². The number of anilines is 1. The van der Waals surface area contributed by atoms with Crippen LogP contribution in [0.5, 0.6) is 0 Å². The Labute approximate surface area is 119 Å². The predicted molar refractivity (Wildman–Crippen MR) is 70.5 cm³/mol. The minimum atomic E-state index is -4.40. The molecule has 0 saturated heterocycles. The Hall–Kier alpha value is -2.04. The molecule has 114 valence electrons. The minimum Gasteiger partial charge on any atom is -0.384 e. The van der Waals surface area contributed by atoms with E-state index in [0.717, 1.165) is 0 Å². The fourth-order valence-electron chi connectivity index (χ4n) is 1.40. The summed E-state index contributed by atoms with van der Waals surface area (Å²) < 4.78 is 39.9. The molecule has 1 aromatic rings. The van der Waals surface area contributed by atoms with Gasteiger partial charge in [0.2, 0.25) is 5.91 Å². The Morgan fingerprint density at radius 1 is 1.33 bits per heavy atom. The standard InChI is InChI=1S/C14H14F3NO3/c15-14(16,17)10-21-9-7-13(20)18-12-6-2-1-4-11(12)5-3-8-19/h1-2,4,6,19H,7-10H2,(H,18,20). The molecule has 0 unspecified atom stereocenters. The molecule has 0 aliphatic carbocycles. The van der Waals surface area contributed by atoms with Crippen LogP contribution in [0.25, 0.3) is 0 Å². The molecule has 2 N–H and O–H groups in total. The van der Waals surface area contributed by atoms with Gasteiger partial charge in [-0.25, -0.2) is 0 Å². The van der Waals surface area contributed by atoms with Crippen LogP contribution in [0, 0.1) is 11.8 Å². The number of hydrogen-bond acceptors (Lipinski definition) is 3. The van der Waals surface area contributed by atoms with Crippen molar-refractivity contribution in [3.05, 3.63) is 29.8 Å². The molecule has 0 radical (unpaired) electrons. The third kappa shape index (κ3) is 7.34. The largest absolute Gasteiger partial charge is 0.411 e. The van der Waals surface area contributed by atoms with E-state index < -0.39 is 18.7 Å². The number of carbonyl (C=O) groups is 1. The van der Waals surface area contributed by atoms with Gasteiger partial charge in [-0.15, -0.1) is 0 Å².